The molecule has 0 atom stereocenters. The van der Waals surface area contributed by atoms with Crippen molar-refractivity contribution >= 4 is 5.97 Å². The average molecular weight is 267 g/mol. The van der Waals surface area contributed by atoms with E-state index < -0.39 is 16.2 Å². The Morgan fingerprint density at radius 1 is 1.41 bits per heavy atom. The number of ether oxygens (including phenoxy) is 1. The van der Waals surface area contributed by atoms with Crippen LogP contribution in [0.4, 0.5) is 0 Å². The number of hydrogen-bond donors (Lipinski definition) is 1. The number of carbonyl (C=O) groups is 1. The number of aromatic nitrogens is 1. The topological polar surface area (TPSA) is 148 Å². The third-order valence-corrected chi connectivity index (χ3v) is 1.37. The van der Waals surface area contributed by atoms with E-state index in [1.54, 1.807) is 31.3 Å². The van der Waals surface area contributed by atoms with Gasteiger partial charge in [-0.3, -0.25) is 0 Å². The Hall–Kier alpha value is -1.45. The fraction of sp³-hybridized carbons (Fsp3) is 0.250. The SMILES string of the molecule is CCOC(=O)c1cccc[n+]1N.[O-][Cl+3]([O-])([O-])[O-]. The Bertz CT molecular complexity index is 361. The van der Waals surface area contributed by atoms with Crippen LogP contribution in [0.5, 0.6) is 0 Å². The van der Waals surface area contributed by atoms with Gasteiger partial charge in [-0.25, -0.2) is 29.3 Å². The molecule has 17 heavy (non-hydrogen) atoms. The lowest BCUT2D eigenvalue weighted by Crippen LogP contribution is -2.68. The van der Waals surface area contributed by atoms with Crippen molar-refractivity contribution in [3.63, 3.8) is 0 Å². The molecule has 0 bridgehead atoms. The van der Waals surface area contributed by atoms with E-state index in [-0.39, 0.29) is 0 Å². The van der Waals surface area contributed by atoms with Gasteiger partial charge in [0.05, 0.1) is 6.61 Å². The van der Waals surface area contributed by atoms with Gasteiger partial charge in [-0.2, -0.15) is 0 Å². The minimum atomic E-state index is -4.94. The number of nitrogens with two attached hydrogens (primary N) is 1. The number of carbonyl (C=O) groups excluding carboxylic acids is 1. The van der Waals surface area contributed by atoms with Crippen LogP contribution in [-0.4, -0.2) is 12.6 Å². The van der Waals surface area contributed by atoms with E-state index in [0.717, 1.165) is 0 Å². The lowest BCUT2D eigenvalue weighted by Gasteiger charge is -2.17. The molecule has 0 spiro atoms. The van der Waals surface area contributed by atoms with Crippen LogP contribution in [-0.2, 0) is 4.74 Å². The van der Waals surface area contributed by atoms with Crippen molar-refractivity contribution in [3.05, 3.63) is 30.1 Å². The third kappa shape index (κ3) is 8.37. The van der Waals surface area contributed by atoms with Gasteiger partial charge in [0.1, 0.15) is 0 Å². The molecule has 0 fully saturated rings. The molecule has 0 amide bonds. The van der Waals surface area contributed by atoms with E-state index >= 15 is 0 Å². The highest BCUT2D eigenvalue weighted by Crippen LogP contribution is 1.92. The second-order valence-electron chi connectivity index (χ2n) is 2.59. The number of pyridine rings is 1. The molecule has 0 aliphatic carbocycles. The van der Waals surface area contributed by atoms with Crippen LogP contribution in [0, 0.1) is 10.2 Å². The van der Waals surface area contributed by atoms with Crippen molar-refractivity contribution < 1.29 is 43.1 Å². The number of halogens is 1. The summed E-state index contributed by atoms with van der Waals surface area (Å²) in [5, 5.41) is 0. The molecule has 0 saturated carbocycles. The van der Waals surface area contributed by atoms with E-state index in [4.69, 9.17) is 29.2 Å². The van der Waals surface area contributed by atoms with Gasteiger partial charge in [0.15, 0.2) is 6.20 Å². The highest BCUT2D eigenvalue weighted by Gasteiger charge is 2.17. The predicted molar refractivity (Wildman–Crippen MR) is 42.7 cm³/mol. The summed E-state index contributed by atoms with van der Waals surface area (Å²) in [4.78, 5) is 11.1. The van der Waals surface area contributed by atoms with E-state index in [9.17, 15) is 4.79 Å². The van der Waals surface area contributed by atoms with Gasteiger partial charge in [0, 0.05) is 12.1 Å². The van der Waals surface area contributed by atoms with E-state index in [1.807, 2.05) is 0 Å². The van der Waals surface area contributed by atoms with Gasteiger partial charge in [-0.15, -0.1) is 10.2 Å². The molecule has 9 heteroatoms. The van der Waals surface area contributed by atoms with Gasteiger partial charge in [0.2, 0.25) is 0 Å². The predicted octanol–water partition coefficient (Wildman–Crippen LogP) is -4.89. The lowest BCUT2D eigenvalue weighted by molar-refractivity contribution is -2.00. The van der Waals surface area contributed by atoms with Crippen molar-refractivity contribution in [1.82, 2.24) is 0 Å². The second kappa shape index (κ2) is 6.99. The fourth-order valence-electron chi connectivity index (χ4n) is 0.834. The van der Waals surface area contributed by atoms with E-state index in [2.05, 4.69) is 0 Å². The van der Waals surface area contributed by atoms with Crippen LogP contribution in [0.25, 0.3) is 0 Å². The molecule has 2 N–H and O–H groups in total. The Balaban J connectivity index is 0.000000437. The minimum absolute atomic E-state index is 0.347. The summed E-state index contributed by atoms with van der Waals surface area (Å²) in [6.45, 7) is 2.11. The van der Waals surface area contributed by atoms with Crippen LogP contribution < -0.4 is 29.2 Å². The van der Waals surface area contributed by atoms with Gasteiger partial charge in [0.25, 0.3) is 0 Å². The van der Waals surface area contributed by atoms with E-state index in [1.165, 1.54) is 4.68 Å². The maximum Gasteiger partial charge on any atom is 0.406 e. The highest BCUT2D eigenvalue weighted by atomic mass is 35.7. The molecule has 0 aromatic carbocycles. The van der Waals surface area contributed by atoms with Gasteiger partial charge in [-0.05, 0) is 13.0 Å². The third-order valence-electron chi connectivity index (χ3n) is 1.37. The summed E-state index contributed by atoms with van der Waals surface area (Å²) in [6, 6.07) is 5.08. The number of hydrogen-bond acceptors (Lipinski definition) is 7. The number of nitrogens with zero attached hydrogens (tertiary/aromatic N) is 1. The molecule has 0 aliphatic heterocycles. The first-order chi connectivity index (χ1) is 7.75. The molecule has 0 radical (unpaired) electrons. The summed E-state index contributed by atoms with van der Waals surface area (Å²) in [5.41, 5.74) is 0.347. The maximum absolute atomic E-state index is 11.1. The summed E-state index contributed by atoms with van der Waals surface area (Å²) in [7, 11) is -4.94. The number of rotatable bonds is 2. The minimum Gasteiger partial charge on any atom is -0.458 e. The second-order valence-corrected chi connectivity index (χ2v) is 3.35. The quantitative estimate of drug-likeness (QED) is 0.320. The monoisotopic (exact) mass is 266 g/mol. The van der Waals surface area contributed by atoms with Crippen LogP contribution in [0.3, 0.4) is 0 Å². The molecule has 8 nitrogen and oxygen atoms in total. The Morgan fingerprint density at radius 3 is 2.35 bits per heavy atom. The van der Waals surface area contributed by atoms with Crippen molar-refractivity contribution in [2.24, 2.45) is 0 Å². The van der Waals surface area contributed by atoms with Crippen molar-refractivity contribution in [3.8, 4) is 0 Å². The first-order valence-corrected chi connectivity index (χ1v) is 5.53. The standard InChI is InChI=1S/C8H10N2O2.ClHO4/c1-2-12-8(11)7-5-3-4-6-10(7)9;2-1(3,4)5/h3-6H,2H2,1H3,(H-,9,11);(H,2,3,4,5). The molecular formula is C8H11ClN2O6. The van der Waals surface area contributed by atoms with Gasteiger partial charge >= 0.3 is 11.7 Å². The van der Waals surface area contributed by atoms with Crippen molar-refractivity contribution in [2.75, 3.05) is 12.4 Å². The summed E-state index contributed by atoms with van der Waals surface area (Å²) < 4.78 is 40.0. The molecule has 0 aliphatic rings. The zero-order valence-corrected chi connectivity index (χ0v) is 9.62. The normalized spacial score (nSPS) is 10.2. The van der Waals surface area contributed by atoms with Gasteiger partial charge < -0.3 is 4.74 Å². The average Bonchev–Trinajstić information content (AvgIpc) is 2.16. The number of esters is 1. The number of nitrogen functional groups attached to an aromatic ring is 1. The summed E-state index contributed by atoms with van der Waals surface area (Å²) in [5.74, 6) is 5.07. The largest absolute Gasteiger partial charge is 0.458 e. The Labute approximate surface area is 99.2 Å². The van der Waals surface area contributed by atoms with Gasteiger partial charge in [-0.1, -0.05) is 4.68 Å². The molecule has 1 heterocycles. The first-order valence-electron chi connectivity index (χ1n) is 4.30. The maximum atomic E-state index is 11.1. The highest BCUT2D eigenvalue weighted by molar-refractivity contribution is 5.85. The molecule has 0 unspecified atom stereocenters. The molecule has 1 rings (SSSR count). The zero-order chi connectivity index (χ0) is 13.5. The van der Waals surface area contributed by atoms with Crippen molar-refractivity contribution in [2.45, 2.75) is 6.92 Å². The lowest BCUT2D eigenvalue weighted by atomic mass is 10.3. The molecule has 0 saturated heterocycles. The van der Waals surface area contributed by atoms with Crippen LogP contribution in [0.2, 0.25) is 0 Å². The van der Waals surface area contributed by atoms with Crippen LogP contribution >= 0.6 is 0 Å². The molecular weight excluding hydrogens is 256 g/mol. The molecule has 96 valence electrons. The van der Waals surface area contributed by atoms with Crippen LogP contribution in [0.1, 0.15) is 17.4 Å². The first kappa shape index (κ1) is 15.6. The molecule has 1 aromatic rings. The zero-order valence-electron chi connectivity index (χ0n) is 8.87. The summed E-state index contributed by atoms with van der Waals surface area (Å²) >= 11 is 0. The van der Waals surface area contributed by atoms with Crippen LogP contribution in [0.15, 0.2) is 24.4 Å². The van der Waals surface area contributed by atoms with E-state index in [0.29, 0.717) is 12.3 Å². The summed E-state index contributed by atoms with van der Waals surface area (Å²) in [6.07, 6.45) is 1.59. The Kier molecular flexibility index (Phi) is 6.39. The van der Waals surface area contributed by atoms with Crippen molar-refractivity contribution in [1.29, 1.82) is 0 Å². The molecule has 1 aromatic heterocycles. The Morgan fingerprint density at radius 2 is 1.94 bits per heavy atom. The smallest absolute Gasteiger partial charge is 0.406 e. The fourth-order valence-corrected chi connectivity index (χ4v) is 0.834.